The highest BCUT2D eigenvalue weighted by Gasteiger charge is 2.12. The van der Waals surface area contributed by atoms with Crippen LogP contribution >= 0.6 is 12.6 Å². The highest BCUT2D eigenvalue weighted by atomic mass is 32.1. The van der Waals surface area contributed by atoms with Crippen molar-refractivity contribution in [3.05, 3.63) is 24.0 Å². The topological polar surface area (TPSA) is 67.5 Å². The van der Waals surface area contributed by atoms with E-state index in [0.717, 1.165) is 0 Å². The van der Waals surface area contributed by atoms with Gasteiger partial charge in [-0.25, -0.2) is 14.3 Å². The van der Waals surface area contributed by atoms with Crippen LogP contribution in [-0.4, -0.2) is 25.7 Å². The Morgan fingerprint density at radius 2 is 2.38 bits per heavy atom. The molecule has 0 atom stereocenters. The average molecular weight is 194 g/mol. The monoisotopic (exact) mass is 194 g/mol. The van der Waals surface area contributed by atoms with Crippen LogP contribution in [0.1, 0.15) is 10.4 Å². The number of carboxylic acids is 1. The number of aromatic nitrogens is 3. The second-order valence-corrected chi connectivity index (χ2v) is 2.80. The Balaban J connectivity index is 2.83. The first-order valence-electron chi connectivity index (χ1n) is 3.43. The summed E-state index contributed by atoms with van der Waals surface area (Å²) in [6.45, 7) is 0. The Labute approximate surface area is 78.4 Å². The van der Waals surface area contributed by atoms with Gasteiger partial charge in [-0.05, 0) is 6.07 Å². The standard InChI is InChI=1S/C7H4N3O2S/c11-7(12)4-3-9-10-5(13)1-2-8-6(4)10/h1-3H,(H,11,12). The van der Waals surface area contributed by atoms with E-state index in [-0.39, 0.29) is 11.2 Å². The molecule has 5 nitrogen and oxygen atoms in total. The van der Waals surface area contributed by atoms with Crippen molar-refractivity contribution in [1.29, 1.82) is 0 Å². The van der Waals surface area contributed by atoms with Crippen LogP contribution in [0.3, 0.4) is 0 Å². The van der Waals surface area contributed by atoms with Gasteiger partial charge in [-0.3, -0.25) is 0 Å². The van der Waals surface area contributed by atoms with E-state index >= 15 is 0 Å². The van der Waals surface area contributed by atoms with Gasteiger partial charge in [0.05, 0.1) is 6.20 Å². The van der Waals surface area contributed by atoms with Gasteiger partial charge in [-0.2, -0.15) is 5.10 Å². The summed E-state index contributed by atoms with van der Waals surface area (Å²) in [4.78, 5) is 14.5. The van der Waals surface area contributed by atoms with Gasteiger partial charge < -0.3 is 5.11 Å². The van der Waals surface area contributed by atoms with Crippen LogP contribution in [0.15, 0.2) is 23.5 Å². The third-order valence-corrected chi connectivity index (χ3v) is 1.91. The maximum absolute atomic E-state index is 10.7. The number of hydrogen-bond acceptors (Lipinski definition) is 3. The zero-order valence-electron chi connectivity index (χ0n) is 6.34. The predicted octanol–water partition coefficient (Wildman–Crippen LogP) is 0.984. The first-order valence-corrected chi connectivity index (χ1v) is 3.84. The number of carboxylic acid groups (broad SMARTS) is 1. The van der Waals surface area contributed by atoms with Crippen molar-refractivity contribution in [3.63, 3.8) is 0 Å². The highest BCUT2D eigenvalue weighted by Crippen LogP contribution is 2.11. The first-order chi connectivity index (χ1) is 6.20. The summed E-state index contributed by atoms with van der Waals surface area (Å²) < 4.78 is 1.32. The minimum absolute atomic E-state index is 0.0618. The molecule has 0 aromatic carbocycles. The molecule has 1 N–H and O–H groups in total. The summed E-state index contributed by atoms with van der Waals surface area (Å²) in [5.41, 5.74) is 0.340. The van der Waals surface area contributed by atoms with Crippen LogP contribution in [0.5, 0.6) is 0 Å². The van der Waals surface area contributed by atoms with Crippen LogP contribution in [0.2, 0.25) is 0 Å². The Bertz CT molecular complexity index is 480. The Hall–Kier alpha value is -1.69. The molecule has 0 bridgehead atoms. The summed E-state index contributed by atoms with van der Waals surface area (Å²) in [6, 6.07) is 1.58. The zero-order valence-corrected chi connectivity index (χ0v) is 7.15. The molecule has 13 heavy (non-hydrogen) atoms. The van der Waals surface area contributed by atoms with E-state index in [1.807, 2.05) is 0 Å². The van der Waals surface area contributed by atoms with Gasteiger partial charge in [0.15, 0.2) is 5.65 Å². The van der Waals surface area contributed by atoms with E-state index in [9.17, 15) is 4.79 Å². The second-order valence-electron chi connectivity index (χ2n) is 2.38. The van der Waals surface area contributed by atoms with Crippen LogP contribution in [-0.2, 0) is 0 Å². The molecule has 0 unspecified atom stereocenters. The third kappa shape index (κ3) is 1.11. The van der Waals surface area contributed by atoms with Gasteiger partial charge in [0.25, 0.3) is 0 Å². The Morgan fingerprint density at radius 3 is 3.08 bits per heavy atom. The van der Waals surface area contributed by atoms with E-state index in [1.54, 1.807) is 6.07 Å². The van der Waals surface area contributed by atoms with E-state index in [2.05, 4.69) is 10.1 Å². The van der Waals surface area contributed by atoms with Crippen molar-refractivity contribution in [2.24, 2.45) is 0 Å². The maximum atomic E-state index is 10.7. The van der Waals surface area contributed by atoms with Crippen LogP contribution in [0.4, 0.5) is 0 Å². The molecular formula is C7H4N3O2S. The molecule has 2 aromatic rings. The van der Waals surface area contributed by atoms with Crippen molar-refractivity contribution in [2.75, 3.05) is 0 Å². The smallest absolute Gasteiger partial charge is 0.341 e. The molecule has 0 spiro atoms. The van der Waals surface area contributed by atoms with Crippen LogP contribution in [0, 0.1) is 0 Å². The largest absolute Gasteiger partial charge is 0.477 e. The number of carbonyl (C=O) groups is 1. The zero-order chi connectivity index (χ0) is 9.42. The molecular weight excluding hydrogens is 190 g/mol. The quantitative estimate of drug-likeness (QED) is 0.687. The molecule has 0 aliphatic rings. The van der Waals surface area contributed by atoms with Crippen molar-refractivity contribution >= 4 is 24.2 Å². The van der Waals surface area contributed by atoms with Crippen LogP contribution in [0.25, 0.3) is 5.65 Å². The van der Waals surface area contributed by atoms with E-state index in [1.165, 1.54) is 16.9 Å². The Kier molecular flexibility index (Phi) is 1.63. The normalized spacial score (nSPS) is 10.5. The predicted molar refractivity (Wildman–Crippen MR) is 45.8 cm³/mol. The minimum atomic E-state index is -1.05. The Morgan fingerprint density at radius 1 is 1.62 bits per heavy atom. The van der Waals surface area contributed by atoms with Gasteiger partial charge in [-0.15, -0.1) is 0 Å². The minimum Gasteiger partial charge on any atom is -0.477 e. The molecule has 0 aliphatic heterocycles. The number of fused-ring (bicyclic) bond motifs is 1. The van der Waals surface area contributed by atoms with Crippen LogP contribution < -0.4 is 0 Å². The van der Waals surface area contributed by atoms with Gasteiger partial charge in [0.2, 0.25) is 0 Å². The molecule has 6 heteroatoms. The number of aromatic carboxylic acids is 1. The molecule has 0 fully saturated rings. The van der Waals surface area contributed by atoms with Crippen molar-refractivity contribution in [2.45, 2.75) is 5.03 Å². The molecule has 0 aliphatic carbocycles. The lowest BCUT2D eigenvalue weighted by Gasteiger charge is -1.94. The average Bonchev–Trinajstić information content (AvgIpc) is 2.48. The lowest BCUT2D eigenvalue weighted by atomic mass is 10.3. The van der Waals surface area contributed by atoms with E-state index < -0.39 is 5.97 Å². The maximum Gasteiger partial charge on any atom is 0.341 e. The van der Waals surface area contributed by atoms with Gasteiger partial charge in [0, 0.05) is 6.20 Å². The lowest BCUT2D eigenvalue weighted by Crippen LogP contribution is -1.97. The van der Waals surface area contributed by atoms with E-state index in [0.29, 0.717) is 5.03 Å². The highest BCUT2D eigenvalue weighted by molar-refractivity contribution is 7.80. The summed E-state index contributed by atoms with van der Waals surface area (Å²) in [6.07, 6.45) is 2.70. The van der Waals surface area contributed by atoms with Crippen molar-refractivity contribution in [3.8, 4) is 0 Å². The number of nitrogens with zero attached hydrogens (tertiary/aromatic N) is 3. The number of rotatable bonds is 1. The lowest BCUT2D eigenvalue weighted by molar-refractivity contribution is 0.0699. The third-order valence-electron chi connectivity index (χ3n) is 1.60. The molecule has 0 saturated heterocycles. The van der Waals surface area contributed by atoms with Gasteiger partial charge in [-0.1, -0.05) is 12.6 Å². The van der Waals surface area contributed by atoms with Gasteiger partial charge >= 0.3 is 5.97 Å². The molecule has 2 rings (SSSR count). The fraction of sp³-hybridized carbons (Fsp3) is 0. The fourth-order valence-corrected chi connectivity index (χ4v) is 1.22. The van der Waals surface area contributed by atoms with Crippen molar-refractivity contribution in [1.82, 2.24) is 14.6 Å². The first kappa shape index (κ1) is 7.93. The number of hydrogen-bond donors (Lipinski definition) is 1. The SMILES string of the molecule is O=C(O)c1cnn2c([S])ccnc12. The summed E-state index contributed by atoms with van der Waals surface area (Å²) in [5.74, 6) is -1.05. The van der Waals surface area contributed by atoms with Crippen molar-refractivity contribution < 1.29 is 9.90 Å². The molecule has 2 aromatic heterocycles. The molecule has 0 saturated carbocycles. The fourth-order valence-electron chi connectivity index (χ4n) is 1.02. The van der Waals surface area contributed by atoms with Gasteiger partial charge in [0.1, 0.15) is 10.6 Å². The molecule has 65 valence electrons. The van der Waals surface area contributed by atoms with E-state index in [4.69, 9.17) is 17.7 Å². The summed E-state index contributed by atoms with van der Waals surface area (Å²) in [5, 5.41) is 13.0. The molecule has 1 radical (unpaired) electrons. The summed E-state index contributed by atoms with van der Waals surface area (Å²) in [7, 11) is 0. The second kappa shape index (κ2) is 2.67. The molecule has 2 heterocycles. The summed E-state index contributed by atoms with van der Waals surface area (Å²) >= 11 is 4.92. The molecule has 0 amide bonds.